The summed E-state index contributed by atoms with van der Waals surface area (Å²) in [5.74, 6) is 0.000362. The van der Waals surface area contributed by atoms with Gasteiger partial charge < -0.3 is 9.88 Å². The van der Waals surface area contributed by atoms with Crippen molar-refractivity contribution in [2.75, 3.05) is 5.32 Å². The lowest BCUT2D eigenvalue weighted by Crippen LogP contribution is -2.10. The van der Waals surface area contributed by atoms with Gasteiger partial charge in [0.25, 0.3) is 0 Å². The summed E-state index contributed by atoms with van der Waals surface area (Å²) in [6, 6.07) is 7.76. The summed E-state index contributed by atoms with van der Waals surface area (Å²) in [6.45, 7) is 9.57. The maximum Gasteiger partial charge on any atom is 0.224 e. The molecule has 2 rings (SSSR count). The van der Waals surface area contributed by atoms with Gasteiger partial charge in [-0.1, -0.05) is 32.6 Å². The molecule has 1 amide bonds. The number of nitrogens with zero attached hydrogens (tertiary/aromatic N) is 2. The first-order valence-corrected chi connectivity index (χ1v) is 7.95. The number of carbonyl (C=O) groups excluding carboxylic acids is 1. The van der Waals surface area contributed by atoms with Gasteiger partial charge in [-0.05, 0) is 36.8 Å². The molecule has 1 aromatic carbocycles. The van der Waals surface area contributed by atoms with Crippen molar-refractivity contribution < 1.29 is 4.79 Å². The topological polar surface area (TPSA) is 57.8 Å². The zero-order chi connectivity index (χ0) is 17.5. The lowest BCUT2D eigenvalue weighted by molar-refractivity contribution is -0.116. The number of rotatable bonds is 7. The molecule has 4 nitrogen and oxygen atoms in total. The van der Waals surface area contributed by atoms with Crippen molar-refractivity contribution in [2.24, 2.45) is 0 Å². The molecule has 122 valence electrons. The van der Waals surface area contributed by atoms with Crippen LogP contribution in [-0.2, 0) is 4.79 Å². The van der Waals surface area contributed by atoms with Crippen molar-refractivity contribution in [2.45, 2.75) is 26.2 Å². The van der Waals surface area contributed by atoms with E-state index in [1.165, 1.54) is 0 Å². The maximum absolute atomic E-state index is 11.9. The third kappa shape index (κ3) is 3.64. The summed E-state index contributed by atoms with van der Waals surface area (Å²) in [5.41, 5.74) is 2.94. The fourth-order valence-corrected chi connectivity index (χ4v) is 2.54. The van der Waals surface area contributed by atoms with E-state index in [4.69, 9.17) is 0 Å². The number of carbonyl (C=O) groups is 1. The molecule has 0 aliphatic carbocycles. The van der Waals surface area contributed by atoms with Crippen molar-refractivity contribution >= 4 is 28.2 Å². The Kier molecular flexibility index (Phi) is 5.75. The highest BCUT2D eigenvalue weighted by Gasteiger charge is 2.11. The van der Waals surface area contributed by atoms with E-state index < -0.39 is 0 Å². The Hall–Kier alpha value is -3.06. The van der Waals surface area contributed by atoms with Crippen molar-refractivity contribution in [3.8, 4) is 6.07 Å². The highest BCUT2D eigenvalue weighted by Crippen LogP contribution is 2.27. The van der Waals surface area contributed by atoms with Crippen LogP contribution in [0.15, 0.2) is 55.8 Å². The molecule has 0 saturated carbocycles. The SMILES string of the molecule is C=C/C=C(\C=C)n1cc(C#N)c2ccc(NC(=O)CCCC)cc21. The largest absolute Gasteiger partial charge is 0.326 e. The van der Waals surface area contributed by atoms with Crippen LogP contribution in [0.5, 0.6) is 0 Å². The van der Waals surface area contributed by atoms with Crippen LogP contribution in [0.4, 0.5) is 5.69 Å². The number of benzene rings is 1. The van der Waals surface area contributed by atoms with Gasteiger partial charge in [0, 0.05) is 29.4 Å². The van der Waals surface area contributed by atoms with Gasteiger partial charge in [-0.15, -0.1) is 0 Å². The van der Waals surface area contributed by atoms with Crippen LogP contribution in [-0.4, -0.2) is 10.5 Å². The van der Waals surface area contributed by atoms with E-state index in [0.29, 0.717) is 12.0 Å². The number of hydrogen-bond donors (Lipinski definition) is 1. The smallest absolute Gasteiger partial charge is 0.224 e. The zero-order valence-corrected chi connectivity index (χ0v) is 13.9. The van der Waals surface area contributed by atoms with Gasteiger partial charge in [0.05, 0.1) is 11.1 Å². The molecule has 0 atom stereocenters. The zero-order valence-electron chi connectivity index (χ0n) is 13.9. The summed E-state index contributed by atoms with van der Waals surface area (Å²) in [5, 5.41) is 13.1. The first kappa shape index (κ1) is 17.3. The Morgan fingerprint density at radius 1 is 1.42 bits per heavy atom. The minimum Gasteiger partial charge on any atom is -0.326 e. The summed E-state index contributed by atoms with van der Waals surface area (Å²) < 4.78 is 1.88. The Bertz CT molecular complexity index is 850. The average molecular weight is 319 g/mol. The Morgan fingerprint density at radius 2 is 2.21 bits per heavy atom. The Labute approximate surface area is 142 Å². The van der Waals surface area contributed by atoms with Gasteiger partial charge in [0.1, 0.15) is 6.07 Å². The second-order valence-electron chi connectivity index (χ2n) is 5.44. The van der Waals surface area contributed by atoms with Crippen molar-refractivity contribution in [3.63, 3.8) is 0 Å². The molecule has 0 unspecified atom stereocenters. The predicted molar refractivity (Wildman–Crippen MR) is 99.5 cm³/mol. The molecule has 24 heavy (non-hydrogen) atoms. The molecule has 1 N–H and O–H groups in total. The fourth-order valence-electron chi connectivity index (χ4n) is 2.54. The Balaban J connectivity index is 2.48. The number of allylic oxidation sites excluding steroid dienone is 4. The summed E-state index contributed by atoms with van der Waals surface area (Å²) in [6.07, 6.45) is 9.32. The molecule has 0 aliphatic rings. The van der Waals surface area contributed by atoms with Crippen LogP contribution in [0, 0.1) is 11.3 Å². The van der Waals surface area contributed by atoms with E-state index in [9.17, 15) is 10.1 Å². The van der Waals surface area contributed by atoms with Gasteiger partial charge in [0.2, 0.25) is 5.91 Å². The predicted octanol–water partition coefficient (Wildman–Crippen LogP) is 4.85. The van der Waals surface area contributed by atoms with E-state index in [-0.39, 0.29) is 5.91 Å². The lowest BCUT2D eigenvalue weighted by Gasteiger charge is -2.08. The molecule has 1 heterocycles. The van der Waals surface area contributed by atoms with Crippen molar-refractivity contribution in [1.29, 1.82) is 5.26 Å². The number of aromatic nitrogens is 1. The molecular formula is C20H21N3O. The van der Waals surface area contributed by atoms with E-state index >= 15 is 0 Å². The normalized spacial score (nSPS) is 11.1. The number of amides is 1. The minimum absolute atomic E-state index is 0.000362. The summed E-state index contributed by atoms with van der Waals surface area (Å²) >= 11 is 0. The second-order valence-corrected chi connectivity index (χ2v) is 5.44. The standard InChI is InChI=1S/C20H21N3O/c1-4-7-9-20(24)22-16-10-11-18-15(13-21)14-23(19(18)12-16)17(6-3)8-5-2/h5-6,8,10-12,14H,2-4,7,9H2,1H3,(H,22,24)/b17-8+. The first-order valence-electron chi connectivity index (χ1n) is 7.95. The highest BCUT2D eigenvalue weighted by atomic mass is 16.1. The van der Waals surface area contributed by atoms with Gasteiger partial charge in [-0.2, -0.15) is 5.26 Å². The molecule has 0 fully saturated rings. The molecule has 0 spiro atoms. The maximum atomic E-state index is 11.9. The molecule has 0 bridgehead atoms. The summed E-state index contributed by atoms with van der Waals surface area (Å²) in [7, 11) is 0. The number of hydrogen-bond acceptors (Lipinski definition) is 2. The number of nitriles is 1. The van der Waals surface area contributed by atoms with Gasteiger partial charge in [0.15, 0.2) is 0 Å². The highest BCUT2D eigenvalue weighted by molar-refractivity contribution is 5.96. The van der Waals surface area contributed by atoms with Gasteiger partial charge in [-0.25, -0.2) is 0 Å². The summed E-state index contributed by atoms with van der Waals surface area (Å²) in [4.78, 5) is 11.9. The molecule has 0 aliphatic heterocycles. The Morgan fingerprint density at radius 3 is 2.83 bits per heavy atom. The van der Waals surface area contributed by atoms with E-state index in [0.717, 1.165) is 35.1 Å². The minimum atomic E-state index is 0.000362. The number of fused-ring (bicyclic) bond motifs is 1. The van der Waals surface area contributed by atoms with Crippen LogP contribution in [0.25, 0.3) is 16.6 Å². The monoisotopic (exact) mass is 319 g/mol. The molecular weight excluding hydrogens is 298 g/mol. The second kappa shape index (κ2) is 7.98. The van der Waals surface area contributed by atoms with Crippen LogP contribution in [0.3, 0.4) is 0 Å². The van der Waals surface area contributed by atoms with Gasteiger partial charge >= 0.3 is 0 Å². The van der Waals surface area contributed by atoms with Crippen molar-refractivity contribution in [1.82, 2.24) is 4.57 Å². The molecule has 0 radical (unpaired) electrons. The molecule has 0 saturated heterocycles. The van der Waals surface area contributed by atoms with Crippen LogP contribution >= 0.6 is 0 Å². The average Bonchev–Trinajstić information content (AvgIpc) is 2.95. The van der Waals surface area contributed by atoms with Gasteiger partial charge in [-0.3, -0.25) is 4.79 Å². The quantitative estimate of drug-likeness (QED) is 0.741. The van der Waals surface area contributed by atoms with Crippen LogP contribution in [0.2, 0.25) is 0 Å². The third-order valence-electron chi connectivity index (χ3n) is 3.74. The van der Waals surface area contributed by atoms with Crippen molar-refractivity contribution in [3.05, 3.63) is 61.3 Å². The van der Waals surface area contributed by atoms with E-state index in [1.807, 2.05) is 28.8 Å². The number of anilines is 1. The first-order chi connectivity index (χ1) is 11.6. The third-order valence-corrected chi connectivity index (χ3v) is 3.74. The van der Waals surface area contributed by atoms with Crippen LogP contribution < -0.4 is 5.32 Å². The van der Waals surface area contributed by atoms with E-state index in [2.05, 4.69) is 31.5 Å². The van der Waals surface area contributed by atoms with Crippen LogP contribution in [0.1, 0.15) is 31.7 Å². The number of nitrogens with one attached hydrogen (secondary N) is 1. The molecule has 4 heteroatoms. The molecule has 1 aromatic heterocycles. The molecule has 2 aromatic rings. The van der Waals surface area contributed by atoms with E-state index in [1.54, 1.807) is 18.3 Å². The number of unbranched alkanes of at least 4 members (excludes halogenated alkanes) is 1. The lowest BCUT2D eigenvalue weighted by atomic mass is 10.1. The fraction of sp³-hybridized carbons (Fsp3) is 0.200.